The molecule has 7 heteroatoms. The highest BCUT2D eigenvalue weighted by molar-refractivity contribution is 5.96. The number of nitrogens with one attached hydrogen (secondary N) is 1. The van der Waals surface area contributed by atoms with E-state index in [1.165, 1.54) is 7.11 Å². The molecule has 0 bridgehead atoms. The zero-order valence-corrected chi connectivity index (χ0v) is 14.4. The molecule has 0 aliphatic carbocycles. The van der Waals surface area contributed by atoms with Crippen molar-refractivity contribution in [3.63, 3.8) is 0 Å². The van der Waals surface area contributed by atoms with Crippen LogP contribution in [0.15, 0.2) is 54.7 Å². The maximum absolute atomic E-state index is 11.4. The number of primary amides is 1. The summed E-state index contributed by atoms with van der Waals surface area (Å²) in [5.74, 6) is 0.439. The van der Waals surface area contributed by atoms with Crippen molar-refractivity contribution in [3.8, 4) is 34.1 Å². The Kier molecular flexibility index (Phi) is 3.97. The highest BCUT2D eigenvalue weighted by atomic mass is 16.5. The number of carbonyl (C=O) groups excluding carboxylic acids is 1. The van der Waals surface area contributed by atoms with Crippen LogP contribution >= 0.6 is 0 Å². The van der Waals surface area contributed by atoms with Gasteiger partial charge in [-0.3, -0.25) is 4.79 Å². The van der Waals surface area contributed by atoms with Crippen molar-refractivity contribution in [1.82, 2.24) is 15.0 Å². The van der Waals surface area contributed by atoms with Gasteiger partial charge in [0.05, 0.1) is 23.7 Å². The van der Waals surface area contributed by atoms with Crippen LogP contribution in [-0.2, 0) is 0 Å². The van der Waals surface area contributed by atoms with Crippen LogP contribution in [0.5, 0.6) is 11.6 Å². The number of carbonyl (C=O) groups is 1. The molecule has 27 heavy (non-hydrogen) atoms. The lowest BCUT2D eigenvalue weighted by molar-refractivity contribution is 0.100. The Morgan fingerprint density at radius 3 is 2.67 bits per heavy atom. The van der Waals surface area contributed by atoms with Gasteiger partial charge in [0.15, 0.2) is 0 Å². The molecule has 0 unspecified atom stereocenters. The normalized spacial score (nSPS) is 10.9. The van der Waals surface area contributed by atoms with Gasteiger partial charge in [-0.05, 0) is 36.4 Å². The van der Waals surface area contributed by atoms with Crippen LogP contribution in [0.2, 0.25) is 0 Å². The van der Waals surface area contributed by atoms with Crippen LogP contribution in [0.4, 0.5) is 0 Å². The average molecular weight is 360 g/mol. The Hall–Kier alpha value is -3.87. The van der Waals surface area contributed by atoms with Crippen molar-refractivity contribution in [1.29, 1.82) is 0 Å². The number of phenols is 1. The second kappa shape index (κ2) is 6.45. The van der Waals surface area contributed by atoms with Crippen molar-refractivity contribution in [2.45, 2.75) is 0 Å². The fraction of sp³-hybridized carbons (Fsp3) is 0.0500. The van der Waals surface area contributed by atoms with Crippen molar-refractivity contribution >= 4 is 16.9 Å². The Balaban J connectivity index is 1.86. The van der Waals surface area contributed by atoms with Gasteiger partial charge in [0.25, 0.3) is 0 Å². The van der Waals surface area contributed by atoms with Gasteiger partial charge in [-0.1, -0.05) is 12.1 Å². The van der Waals surface area contributed by atoms with Crippen molar-refractivity contribution < 1.29 is 14.6 Å². The molecule has 1 amide bonds. The molecule has 2 aromatic carbocycles. The molecule has 2 aromatic heterocycles. The number of nitrogens with two attached hydrogens (primary N) is 1. The second-order valence-corrected chi connectivity index (χ2v) is 5.94. The van der Waals surface area contributed by atoms with E-state index in [0.29, 0.717) is 45.0 Å². The number of nitrogens with zero attached hydrogens (tertiary/aromatic N) is 2. The van der Waals surface area contributed by atoms with E-state index >= 15 is 0 Å². The van der Waals surface area contributed by atoms with Crippen molar-refractivity contribution in [2.24, 2.45) is 5.73 Å². The number of fused-ring (bicyclic) bond motifs is 1. The molecule has 4 aromatic rings. The number of hydrogen-bond acceptors (Lipinski definition) is 5. The molecule has 0 fully saturated rings. The van der Waals surface area contributed by atoms with Crippen LogP contribution in [0.1, 0.15) is 10.4 Å². The van der Waals surface area contributed by atoms with E-state index in [-0.39, 0.29) is 5.75 Å². The molecule has 0 saturated heterocycles. The van der Waals surface area contributed by atoms with Crippen molar-refractivity contribution in [3.05, 3.63) is 60.3 Å². The molecule has 4 rings (SSSR count). The number of aromatic nitrogens is 3. The zero-order valence-electron chi connectivity index (χ0n) is 14.4. The molecule has 134 valence electrons. The minimum Gasteiger partial charge on any atom is -0.507 e. The smallest absolute Gasteiger partial charge is 0.248 e. The number of hydrogen-bond donors (Lipinski definition) is 3. The molecule has 0 aliphatic heterocycles. The summed E-state index contributed by atoms with van der Waals surface area (Å²) >= 11 is 0. The number of phenolic OH excluding ortho intramolecular Hbond substituents is 1. The number of H-pyrrole nitrogens is 1. The van der Waals surface area contributed by atoms with Crippen LogP contribution in [0.25, 0.3) is 33.5 Å². The van der Waals surface area contributed by atoms with Gasteiger partial charge in [-0.25, -0.2) is 9.97 Å². The number of ether oxygens (including phenoxy) is 1. The van der Waals surface area contributed by atoms with Crippen LogP contribution in [0, 0.1) is 0 Å². The molecule has 4 N–H and O–H groups in total. The Bertz CT molecular complexity index is 1170. The molecular formula is C20H16N4O3. The third kappa shape index (κ3) is 2.85. The SMILES string of the molecule is COc1ncccc1-c1cccc(-c2nc3ccc(C(N)=O)cc3[nH]2)c1O. The summed E-state index contributed by atoms with van der Waals surface area (Å²) in [4.78, 5) is 23.2. The third-order valence-electron chi connectivity index (χ3n) is 4.31. The van der Waals surface area contributed by atoms with Crippen LogP contribution in [-0.4, -0.2) is 33.1 Å². The number of rotatable bonds is 4. The fourth-order valence-corrected chi connectivity index (χ4v) is 3.00. The van der Waals surface area contributed by atoms with Gasteiger partial charge in [-0.15, -0.1) is 0 Å². The first kappa shape index (κ1) is 16.6. The van der Waals surface area contributed by atoms with Crippen LogP contribution < -0.4 is 10.5 Å². The number of amides is 1. The van der Waals surface area contributed by atoms with Gasteiger partial charge < -0.3 is 20.6 Å². The minimum atomic E-state index is -0.512. The van der Waals surface area contributed by atoms with Gasteiger partial charge in [0.1, 0.15) is 11.6 Å². The minimum absolute atomic E-state index is 0.0537. The zero-order chi connectivity index (χ0) is 19.0. The number of para-hydroxylation sites is 1. The molecule has 0 spiro atoms. The number of pyridine rings is 1. The Labute approximate surface area is 154 Å². The second-order valence-electron chi connectivity index (χ2n) is 5.94. The standard InChI is InChI=1S/C20H16N4O3/c1-27-20-13(6-3-9-22-20)12-4-2-5-14(17(12)25)19-23-15-8-7-11(18(21)26)10-16(15)24-19/h2-10,25H,1H3,(H2,21,26)(H,23,24). The molecule has 2 heterocycles. The molecule has 0 radical (unpaired) electrons. The predicted molar refractivity (Wildman–Crippen MR) is 101 cm³/mol. The van der Waals surface area contributed by atoms with E-state index in [0.717, 1.165) is 0 Å². The first-order valence-electron chi connectivity index (χ1n) is 8.20. The summed E-state index contributed by atoms with van der Waals surface area (Å²) in [7, 11) is 1.53. The average Bonchev–Trinajstić information content (AvgIpc) is 3.11. The first-order chi connectivity index (χ1) is 13.1. The quantitative estimate of drug-likeness (QED) is 0.517. The van der Waals surface area contributed by atoms with Gasteiger partial charge >= 0.3 is 0 Å². The molecule has 0 atom stereocenters. The van der Waals surface area contributed by atoms with Crippen molar-refractivity contribution in [2.75, 3.05) is 7.11 Å². The van der Waals surface area contributed by atoms with E-state index in [9.17, 15) is 9.90 Å². The number of benzene rings is 2. The summed E-state index contributed by atoms with van der Waals surface area (Å²) in [6.45, 7) is 0. The molecule has 0 saturated carbocycles. The summed E-state index contributed by atoms with van der Waals surface area (Å²) < 4.78 is 5.29. The van der Waals surface area contributed by atoms with E-state index in [1.54, 1.807) is 42.6 Å². The van der Waals surface area contributed by atoms with E-state index < -0.39 is 5.91 Å². The lowest BCUT2D eigenvalue weighted by Crippen LogP contribution is -2.10. The summed E-state index contributed by atoms with van der Waals surface area (Å²) in [6.07, 6.45) is 1.62. The third-order valence-corrected chi connectivity index (χ3v) is 4.31. The maximum atomic E-state index is 11.4. The number of aromatic hydroxyl groups is 1. The summed E-state index contributed by atoms with van der Waals surface area (Å²) in [5, 5.41) is 10.9. The van der Waals surface area contributed by atoms with Gasteiger partial charge in [0.2, 0.25) is 11.8 Å². The Morgan fingerprint density at radius 1 is 1.11 bits per heavy atom. The molecule has 0 aliphatic rings. The monoisotopic (exact) mass is 360 g/mol. The topological polar surface area (TPSA) is 114 Å². The van der Waals surface area contributed by atoms with E-state index in [4.69, 9.17) is 10.5 Å². The number of aromatic amines is 1. The Morgan fingerprint density at radius 2 is 1.89 bits per heavy atom. The molecule has 7 nitrogen and oxygen atoms in total. The van der Waals surface area contributed by atoms with E-state index in [1.807, 2.05) is 12.1 Å². The highest BCUT2D eigenvalue weighted by Crippen LogP contribution is 2.40. The largest absolute Gasteiger partial charge is 0.507 e. The highest BCUT2D eigenvalue weighted by Gasteiger charge is 2.17. The number of methoxy groups -OCH3 is 1. The molecular weight excluding hydrogens is 344 g/mol. The van der Waals surface area contributed by atoms with Gasteiger partial charge in [0, 0.05) is 22.9 Å². The van der Waals surface area contributed by atoms with Crippen LogP contribution in [0.3, 0.4) is 0 Å². The summed E-state index contributed by atoms with van der Waals surface area (Å²) in [5.41, 5.74) is 8.81. The predicted octanol–water partition coefficient (Wildman–Crippen LogP) is 3.11. The lowest BCUT2D eigenvalue weighted by atomic mass is 10.0. The first-order valence-corrected chi connectivity index (χ1v) is 8.20. The maximum Gasteiger partial charge on any atom is 0.248 e. The number of imidazole rings is 1. The van der Waals surface area contributed by atoms with Gasteiger partial charge in [-0.2, -0.15) is 0 Å². The lowest BCUT2D eigenvalue weighted by Gasteiger charge is -2.11. The fourth-order valence-electron chi connectivity index (χ4n) is 3.00. The summed E-state index contributed by atoms with van der Waals surface area (Å²) in [6, 6.07) is 13.9. The van der Waals surface area contributed by atoms with E-state index in [2.05, 4.69) is 15.0 Å².